The van der Waals surface area contributed by atoms with E-state index in [2.05, 4.69) is 5.32 Å². The molecule has 1 fully saturated rings. The van der Waals surface area contributed by atoms with Crippen LogP contribution < -0.4 is 5.32 Å². The molecule has 0 radical (unpaired) electrons. The summed E-state index contributed by atoms with van der Waals surface area (Å²) in [5, 5.41) is 2.04. The third-order valence-corrected chi connectivity index (χ3v) is 8.24. The maximum atomic E-state index is 12.8. The zero-order valence-corrected chi connectivity index (χ0v) is 15.0. The molecule has 23 heavy (non-hydrogen) atoms. The molecule has 8 heteroatoms. The number of rotatable bonds is 7. The maximum absolute atomic E-state index is 12.8. The van der Waals surface area contributed by atoms with E-state index in [9.17, 15) is 16.8 Å². The molecule has 1 N–H and O–H groups in total. The SMILES string of the molecule is CCc1ccc(S(=O)(=O)C2CS(=O)(=O)CC2NCCOC)cc1. The molecular formula is C15H23NO5S2. The third kappa shape index (κ3) is 4.32. The van der Waals surface area contributed by atoms with Crippen LogP contribution in [0.5, 0.6) is 0 Å². The first kappa shape index (κ1) is 18.4. The summed E-state index contributed by atoms with van der Waals surface area (Å²) in [6, 6.07) is 6.05. The van der Waals surface area contributed by atoms with Crippen LogP contribution >= 0.6 is 0 Å². The second-order valence-corrected chi connectivity index (χ2v) is 10.0. The molecule has 6 nitrogen and oxygen atoms in total. The molecule has 0 aromatic heterocycles. The third-order valence-electron chi connectivity index (χ3n) is 4.07. The van der Waals surface area contributed by atoms with Crippen molar-refractivity contribution < 1.29 is 21.6 Å². The lowest BCUT2D eigenvalue weighted by molar-refractivity contribution is 0.196. The number of aryl methyl sites for hydroxylation is 1. The van der Waals surface area contributed by atoms with Crippen LogP contribution in [0.4, 0.5) is 0 Å². The van der Waals surface area contributed by atoms with Crippen molar-refractivity contribution in [3.63, 3.8) is 0 Å². The number of benzene rings is 1. The van der Waals surface area contributed by atoms with Gasteiger partial charge in [-0.1, -0.05) is 19.1 Å². The van der Waals surface area contributed by atoms with Gasteiger partial charge in [-0.2, -0.15) is 0 Å². The van der Waals surface area contributed by atoms with E-state index in [1.165, 1.54) is 7.11 Å². The summed E-state index contributed by atoms with van der Waals surface area (Å²) >= 11 is 0. The normalized spacial score (nSPS) is 23.9. The van der Waals surface area contributed by atoms with Gasteiger partial charge < -0.3 is 10.1 Å². The Morgan fingerprint density at radius 2 is 1.87 bits per heavy atom. The smallest absolute Gasteiger partial charge is 0.183 e. The standard InChI is InChI=1S/C15H23NO5S2/c1-3-12-4-6-13(7-5-12)23(19,20)15-11-22(17,18)10-14(15)16-8-9-21-2/h4-7,14-16H,3,8-11H2,1-2H3. The van der Waals surface area contributed by atoms with Crippen LogP contribution in [0.2, 0.25) is 0 Å². The number of ether oxygens (including phenoxy) is 1. The molecule has 2 rings (SSSR count). The lowest BCUT2D eigenvalue weighted by Crippen LogP contribution is -2.44. The predicted molar refractivity (Wildman–Crippen MR) is 89.1 cm³/mol. The first-order valence-electron chi connectivity index (χ1n) is 7.55. The van der Waals surface area contributed by atoms with Gasteiger partial charge in [0.15, 0.2) is 19.7 Å². The second-order valence-electron chi connectivity index (χ2n) is 5.71. The van der Waals surface area contributed by atoms with Gasteiger partial charge >= 0.3 is 0 Å². The molecule has 0 bridgehead atoms. The molecule has 130 valence electrons. The van der Waals surface area contributed by atoms with E-state index < -0.39 is 31.0 Å². The lowest BCUT2D eigenvalue weighted by atomic mass is 10.2. The van der Waals surface area contributed by atoms with E-state index in [-0.39, 0.29) is 16.4 Å². The highest BCUT2D eigenvalue weighted by molar-refractivity contribution is 7.96. The molecule has 0 amide bonds. The Hall–Kier alpha value is -0.960. The molecule has 2 unspecified atom stereocenters. The van der Waals surface area contributed by atoms with Crippen LogP contribution in [0.3, 0.4) is 0 Å². The fourth-order valence-corrected chi connectivity index (χ4v) is 7.46. The van der Waals surface area contributed by atoms with Crippen LogP contribution in [-0.4, -0.2) is 59.9 Å². The zero-order valence-electron chi connectivity index (χ0n) is 13.4. The topological polar surface area (TPSA) is 89.5 Å². The molecule has 1 aliphatic rings. The lowest BCUT2D eigenvalue weighted by Gasteiger charge is -2.20. The van der Waals surface area contributed by atoms with Gasteiger partial charge in [0.25, 0.3) is 0 Å². The van der Waals surface area contributed by atoms with E-state index in [0.717, 1.165) is 12.0 Å². The summed E-state index contributed by atoms with van der Waals surface area (Å²) in [5.41, 5.74) is 1.04. The Balaban J connectivity index is 2.27. The number of hydrogen-bond donors (Lipinski definition) is 1. The van der Waals surface area contributed by atoms with Crippen molar-refractivity contribution in [2.24, 2.45) is 0 Å². The average Bonchev–Trinajstić information content (AvgIpc) is 2.83. The molecule has 0 spiro atoms. The first-order chi connectivity index (χ1) is 10.8. The minimum absolute atomic E-state index is 0.159. The number of methoxy groups -OCH3 is 1. The van der Waals surface area contributed by atoms with Crippen molar-refractivity contribution in [1.29, 1.82) is 0 Å². The average molecular weight is 361 g/mol. The van der Waals surface area contributed by atoms with Gasteiger partial charge in [0, 0.05) is 19.7 Å². The van der Waals surface area contributed by atoms with Crippen molar-refractivity contribution in [2.75, 3.05) is 31.8 Å². The number of nitrogens with one attached hydrogen (secondary N) is 1. The molecular weight excluding hydrogens is 338 g/mol. The molecule has 1 heterocycles. The quantitative estimate of drug-likeness (QED) is 0.708. The Kier molecular flexibility index (Phi) is 5.83. The molecule has 1 aromatic rings. The van der Waals surface area contributed by atoms with Crippen molar-refractivity contribution in [3.05, 3.63) is 29.8 Å². The summed E-state index contributed by atoms with van der Waals surface area (Å²) in [4.78, 5) is 0.176. The van der Waals surface area contributed by atoms with Crippen molar-refractivity contribution in [1.82, 2.24) is 5.32 Å². The fourth-order valence-electron chi connectivity index (χ4n) is 2.75. The zero-order chi connectivity index (χ0) is 17.1. The van der Waals surface area contributed by atoms with E-state index in [4.69, 9.17) is 4.74 Å². The minimum atomic E-state index is -3.70. The number of sulfone groups is 2. The van der Waals surface area contributed by atoms with Gasteiger partial charge in [0.1, 0.15) is 0 Å². The predicted octanol–water partition coefficient (Wildman–Crippen LogP) is 0.424. The van der Waals surface area contributed by atoms with E-state index >= 15 is 0 Å². The second kappa shape index (κ2) is 7.29. The number of hydrogen-bond acceptors (Lipinski definition) is 6. The first-order valence-corrected chi connectivity index (χ1v) is 10.9. The van der Waals surface area contributed by atoms with Gasteiger partial charge in [-0.25, -0.2) is 16.8 Å². The van der Waals surface area contributed by atoms with Gasteiger partial charge in [-0.15, -0.1) is 0 Å². The maximum Gasteiger partial charge on any atom is 0.183 e. The summed E-state index contributed by atoms with van der Waals surface area (Å²) in [6.07, 6.45) is 0.819. The molecule has 1 aliphatic heterocycles. The van der Waals surface area contributed by atoms with Crippen molar-refractivity contribution >= 4 is 19.7 Å². The van der Waals surface area contributed by atoms with Crippen LogP contribution in [-0.2, 0) is 30.8 Å². The highest BCUT2D eigenvalue weighted by Gasteiger charge is 2.45. The van der Waals surface area contributed by atoms with Crippen molar-refractivity contribution in [2.45, 2.75) is 29.5 Å². The molecule has 1 aromatic carbocycles. The van der Waals surface area contributed by atoms with E-state index in [1.807, 2.05) is 6.92 Å². The summed E-state index contributed by atoms with van der Waals surface area (Å²) in [6.45, 7) is 2.80. The minimum Gasteiger partial charge on any atom is -0.383 e. The summed E-state index contributed by atoms with van der Waals surface area (Å²) in [7, 11) is -5.53. The Bertz CT molecular complexity index is 726. The molecule has 2 atom stereocenters. The van der Waals surface area contributed by atoms with Crippen LogP contribution in [0.15, 0.2) is 29.2 Å². The van der Waals surface area contributed by atoms with Crippen molar-refractivity contribution in [3.8, 4) is 0 Å². The van der Waals surface area contributed by atoms with E-state index in [1.54, 1.807) is 24.3 Å². The summed E-state index contributed by atoms with van der Waals surface area (Å²) in [5.74, 6) is -0.497. The monoisotopic (exact) mass is 361 g/mol. The van der Waals surface area contributed by atoms with Crippen LogP contribution in [0.25, 0.3) is 0 Å². The van der Waals surface area contributed by atoms with Gasteiger partial charge in [-0.3, -0.25) is 0 Å². The van der Waals surface area contributed by atoms with Gasteiger partial charge in [0.05, 0.1) is 28.3 Å². The van der Waals surface area contributed by atoms with Gasteiger partial charge in [0.2, 0.25) is 0 Å². The van der Waals surface area contributed by atoms with Gasteiger partial charge in [-0.05, 0) is 24.1 Å². The highest BCUT2D eigenvalue weighted by atomic mass is 32.2. The summed E-state index contributed by atoms with van der Waals surface area (Å²) < 4.78 is 54.4. The Morgan fingerprint density at radius 3 is 2.43 bits per heavy atom. The highest BCUT2D eigenvalue weighted by Crippen LogP contribution is 2.26. The molecule has 1 saturated heterocycles. The van der Waals surface area contributed by atoms with E-state index in [0.29, 0.717) is 13.2 Å². The molecule has 0 aliphatic carbocycles. The van der Waals surface area contributed by atoms with Crippen LogP contribution in [0.1, 0.15) is 12.5 Å². The van der Waals surface area contributed by atoms with Crippen LogP contribution in [0, 0.1) is 0 Å². The Labute approximate surface area is 138 Å². The molecule has 0 saturated carbocycles. The Morgan fingerprint density at radius 1 is 1.22 bits per heavy atom. The fraction of sp³-hybridized carbons (Fsp3) is 0.600. The largest absolute Gasteiger partial charge is 0.383 e.